The minimum Gasteiger partial charge on any atom is -0.244 e. The van der Waals surface area contributed by atoms with Crippen LogP contribution < -0.4 is 0 Å². The second-order valence-corrected chi connectivity index (χ2v) is 3.57. The zero-order chi connectivity index (χ0) is 8.20. The molecule has 0 N–H and O–H groups in total. The summed E-state index contributed by atoms with van der Waals surface area (Å²) in [5.41, 5.74) is 0. The van der Waals surface area contributed by atoms with Gasteiger partial charge in [0.25, 0.3) is 5.92 Å². The van der Waals surface area contributed by atoms with E-state index in [0.717, 1.165) is 0 Å². The van der Waals surface area contributed by atoms with Crippen LogP contribution in [0.4, 0.5) is 13.2 Å². The molecular formula is C5H5BrF3I. The average Bonchev–Trinajstić information content (AvgIpc) is 1.87. The van der Waals surface area contributed by atoms with Crippen molar-refractivity contribution in [3.8, 4) is 0 Å². The third-order valence-electron chi connectivity index (χ3n) is 0.674. The Labute approximate surface area is 79.1 Å². The van der Waals surface area contributed by atoms with Gasteiger partial charge in [0.1, 0.15) is 0 Å². The summed E-state index contributed by atoms with van der Waals surface area (Å²) in [4.78, 5) is 0. The van der Waals surface area contributed by atoms with Crippen molar-refractivity contribution in [1.82, 2.24) is 0 Å². The van der Waals surface area contributed by atoms with Crippen LogP contribution in [0.1, 0.15) is 0 Å². The number of halogens is 5. The Kier molecular flexibility index (Phi) is 4.92. The van der Waals surface area contributed by atoms with Gasteiger partial charge >= 0.3 is 0 Å². The smallest absolute Gasteiger partial charge is 0.244 e. The van der Waals surface area contributed by atoms with Gasteiger partial charge in [-0.1, -0.05) is 15.9 Å². The van der Waals surface area contributed by atoms with Crippen molar-refractivity contribution in [1.29, 1.82) is 0 Å². The van der Waals surface area contributed by atoms with Crippen LogP contribution in [0.2, 0.25) is 0 Å². The van der Waals surface area contributed by atoms with Gasteiger partial charge in [-0.25, -0.2) is 4.39 Å². The van der Waals surface area contributed by atoms with Gasteiger partial charge in [-0.05, 0) is 28.7 Å². The fourth-order valence-electron chi connectivity index (χ4n) is 0.306. The summed E-state index contributed by atoms with van der Waals surface area (Å²) < 4.78 is 36.1. The molecule has 0 radical (unpaired) electrons. The van der Waals surface area contributed by atoms with Gasteiger partial charge < -0.3 is 0 Å². The number of hydrogen-bond donors (Lipinski definition) is 0. The molecule has 0 aromatic carbocycles. The second kappa shape index (κ2) is 4.58. The Morgan fingerprint density at radius 3 is 2.40 bits per heavy atom. The van der Waals surface area contributed by atoms with E-state index in [2.05, 4.69) is 15.9 Å². The fourth-order valence-corrected chi connectivity index (χ4v) is 0.924. The van der Waals surface area contributed by atoms with Gasteiger partial charge in [0.2, 0.25) is 0 Å². The summed E-state index contributed by atoms with van der Waals surface area (Å²) in [7, 11) is 0. The zero-order valence-corrected chi connectivity index (χ0v) is 8.62. The lowest BCUT2D eigenvalue weighted by molar-refractivity contribution is 0.0274. The molecule has 0 nitrogen and oxygen atoms in total. The van der Waals surface area contributed by atoms with Crippen LogP contribution >= 0.6 is 38.5 Å². The van der Waals surface area contributed by atoms with Crippen molar-refractivity contribution in [3.63, 3.8) is 0 Å². The molecule has 0 rings (SSSR count). The van der Waals surface area contributed by atoms with Gasteiger partial charge in [0.05, 0.1) is 0 Å². The van der Waals surface area contributed by atoms with Crippen LogP contribution in [0.3, 0.4) is 0 Å². The molecule has 5 heteroatoms. The van der Waals surface area contributed by atoms with Crippen LogP contribution in [-0.2, 0) is 0 Å². The van der Waals surface area contributed by atoms with E-state index in [1.54, 1.807) is 22.6 Å². The fraction of sp³-hybridized carbons (Fsp3) is 0.600. The predicted octanol–water partition coefficient (Wildman–Crippen LogP) is 3.31. The summed E-state index contributed by atoms with van der Waals surface area (Å²) in [5.74, 6) is -3.30. The summed E-state index contributed by atoms with van der Waals surface area (Å²) >= 11 is 4.69. The predicted molar refractivity (Wildman–Crippen MR) is 46.8 cm³/mol. The van der Waals surface area contributed by atoms with Gasteiger partial charge in [-0.3, -0.25) is 0 Å². The lowest BCUT2D eigenvalue weighted by Crippen LogP contribution is -2.14. The van der Waals surface area contributed by atoms with E-state index in [1.807, 2.05) is 0 Å². The maximum Gasteiger partial charge on any atom is 0.295 e. The molecule has 0 aliphatic rings. The first kappa shape index (κ1) is 10.7. The minimum absolute atomic E-state index is 0.336. The molecule has 0 amide bonds. The number of hydrogen-bond acceptors (Lipinski definition) is 0. The van der Waals surface area contributed by atoms with Crippen LogP contribution in [0.25, 0.3) is 0 Å². The molecule has 60 valence electrons. The van der Waals surface area contributed by atoms with Gasteiger partial charge in [-0.2, -0.15) is 8.78 Å². The first-order valence-electron chi connectivity index (χ1n) is 2.39. The van der Waals surface area contributed by atoms with Crippen molar-refractivity contribution in [3.05, 3.63) is 9.66 Å². The quantitative estimate of drug-likeness (QED) is 0.551. The molecule has 0 aliphatic heterocycles. The third kappa shape index (κ3) is 4.54. The first-order valence-corrected chi connectivity index (χ1v) is 4.59. The molecule has 0 fully saturated rings. The molecular weight excluding hydrogens is 324 g/mol. The van der Waals surface area contributed by atoms with Crippen LogP contribution in [0.15, 0.2) is 9.66 Å². The second-order valence-electron chi connectivity index (χ2n) is 1.62. The monoisotopic (exact) mass is 328 g/mol. The normalized spacial score (nSPS) is 13.9. The minimum atomic E-state index is -3.30. The van der Waals surface area contributed by atoms with Crippen molar-refractivity contribution >= 4 is 38.5 Å². The van der Waals surface area contributed by atoms with Crippen LogP contribution in [0.5, 0.6) is 0 Å². The molecule has 0 aliphatic carbocycles. The van der Waals surface area contributed by atoms with Crippen LogP contribution in [-0.4, -0.2) is 17.9 Å². The molecule has 0 heterocycles. The number of alkyl halides is 4. The molecule has 0 spiro atoms. The highest BCUT2D eigenvalue weighted by atomic mass is 127. The Hall–Kier alpha value is 0.740. The van der Waals surface area contributed by atoms with Gasteiger partial charge in [0.15, 0.2) is 6.67 Å². The van der Waals surface area contributed by atoms with E-state index in [0.29, 0.717) is 15.0 Å². The van der Waals surface area contributed by atoms with E-state index >= 15 is 0 Å². The number of allylic oxidation sites excluding steroid dienone is 2. The van der Waals surface area contributed by atoms with E-state index < -0.39 is 12.6 Å². The molecule has 10 heavy (non-hydrogen) atoms. The standard InChI is InChI=1S/C5H5BrF3I/c6-2-4(10)1-5(8,9)3-7/h1H,2-3H2. The molecule has 0 aromatic heterocycles. The maximum atomic E-state index is 12.1. The molecule has 0 bridgehead atoms. The highest BCUT2D eigenvalue weighted by molar-refractivity contribution is 14.1. The van der Waals surface area contributed by atoms with Crippen molar-refractivity contribution < 1.29 is 13.2 Å². The lowest BCUT2D eigenvalue weighted by atomic mass is 10.3. The Bertz CT molecular complexity index is 135. The van der Waals surface area contributed by atoms with Crippen molar-refractivity contribution in [2.75, 3.05) is 12.0 Å². The van der Waals surface area contributed by atoms with E-state index in [9.17, 15) is 13.2 Å². The van der Waals surface area contributed by atoms with Gasteiger partial charge in [0, 0.05) is 8.91 Å². The summed E-state index contributed by atoms with van der Waals surface area (Å²) in [6.07, 6.45) is 0.613. The Balaban J connectivity index is 4.09. The molecule has 0 atom stereocenters. The molecule has 0 unspecified atom stereocenters. The van der Waals surface area contributed by atoms with E-state index in [4.69, 9.17) is 0 Å². The van der Waals surface area contributed by atoms with Gasteiger partial charge in [-0.15, -0.1) is 0 Å². The first-order chi connectivity index (χ1) is 4.52. The molecule has 0 saturated heterocycles. The van der Waals surface area contributed by atoms with E-state index in [-0.39, 0.29) is 0 Å². The van der Waals surface area contributed by atoms with Crippen molar-refractivity contribution in [2.24, 2.45) is 0 Å². The highest BCUT2D eigenvalue weighted by Crippen LogP contribution is 2.21. The summed E-state index contributed by atoms with van der Waals surface area (Å²) in [6, 6.07) is 0. The Morgan fingerprint density at radius 1 is 1.60 bits per heavy atom. The summed E-state index contributed by atoms with van der Waals surface area (Å²) in [5, 5.41) is 0.336. The largest absolute Gasteiger partial charge is 0.295 e. The number of rotatable bonds is 3. The molecule has 0 saturated carbocycles. The zero-order valence-electron chi connectivity index (χ0n) is 4.88. The van der Waals surface area contributed by atoms with Crippen LogP contribution in [0, 0.1) is 0 Å². The highest BCUT2D eigenvalue weighted by Gasteiger charge is 2.25. The van der Waals surface area contributed by atoms with Crippen molar-refractivity contribution in [2.45, 2.75) is 5.92 Å². The maximum absolute atomic E-state index is 12.1. The lowest BCUT2D eigenvalue weighted by Gasteiger charge is -2.05. The molecule has 0 aromatic rings. The SMILES string of the molecule is FCC(F)(F)C=C(I)CBr. The Morgan fingerprint density at radius 2 is 2.10 bits per heavy atom. The topological polar surface area (TPSA) is 0 Å². The van der Waals surface area contributed by atoms with E-state index in [1.165, 1.54) is 0 Å². The summed E-state index contributed by atoms with van der Waals surface area (Å²) in [6.45, 7) is -1.63. The third-order valence-corrected chi connectivity index (χ3v) is 3.02. The average molecular weight is 329 g/mol.